The molecular formula is C13H16N2O. The van der Waals surface area contributed by atoms with Gasteiger partial charge in [0.25, 0.3) is 0 Å². The third-order valence-electron chi connectivity index (χ3n) is 2.51. The second kappa shape index (κ2) is 4.94. The minimum Gasteiger partial charge on any atom is -0.497 e. The minimum atomic E-state index is 0.818. The van der Waals surface area contributed by atoms with Gasteiger partial charge in [-0.3, -0.25) is 4.98 Å². The van der Waals surface area contributed by atoms with E-state index < -0.39 is 0 Å². The number of aromatic nitrogens is 1. The van der Waals surface area contributed by atoms with Crippen molar-refractivity contribution in [2.24, 2.45) is 0 Å². The molecule has 2 aromatic rings. The summed E-state index contributed by atoms with van der Waals surface area (Å²) in [5, 5.41) is 4.38. The summed E-state index contributed by atoms with van der Waals surface area (Å²) in [6.45, 7) is 3.87. The van der Waals surface area contributed by atoms with E-state index in [0.29, 0.717) is 0 Å². The van der Waals surface area contributed by atoms with Crippen LogP contribution in [-0.2, 0) is 6.54 Å². The van der Waals surface area contributed by atoms with Crippen LogP contribution in [0.5, 0.6) is 5.75 Å². The van der Waals surface area contributed by atoms with E-state index in [0.717, 1.165) is 35.4 Å². The molecular weight excluding hydrogens is 200 g/mol. The van der Waals surface area contributed by atoms with Crippen LogP contribution >= 0.6 is 0 Å². The molecule has 0 spiro atoms. The van der Waals surface area contributed by atoms with Crippen molar-refractivity contribution in [2.45, 2.75) is 13.5 Å². The van der Waals surface area contributed by atoms with Crippen LogP contribution in [0.15, 0.2) is 30.3 Å². The summed E-state index contributed by atoms with van der Waals surface area (Å²) < 4.78 is 5.18. The fourth-order valence-electron chi connectivity index (χ4n) is 1.62. The van der Waals surface area contributed by atoms with Crippen LogP contribution in [0.3, 0.4) is 0 Å². The molecule has 0 saturated heterocycles. The number of fused-ring (bicyclic) bond motifs is 1. The molecule has 2 rings (SSSR count). The van der Waals surface area contributed by atoms with Crippen molar-refractivity contribution in [1.82, 2.24) is 10.3 Å². The smallest absolute Gasteiger partial charge is 0.119 e. The zero-order chi connectivity index (χ0) is 11.4. The van der Waals surface area contributed by atoms with E-state index in [1.807, 2.05) is 24.3 Å². The summed E-state index contributed by atoms with van der Waals surface area (Å²) in [7, 11) is 1.67. The summed E-state index contributed by atoms with van der Waals surface area (Å²) in [4.78, 5) is 4.57. The molecule has 16 heavy (non-hydrogen) atoms. The maximum Gasteiger partial charge on any atom is 0.119 e. The average molecular weight is 216 g/mol. The van der Waals surface area contributed by atoms with E-state index in [-0.39, 0.29) is 0 Å². The first-order valence-corrected chi connectivity index (χ1v) is 5.48. The predicted molar refractivity (Wildman–Crippen MR) is 65.7 cm³/mol. The van der Waals surface area contributed by atoms with E-state index in [1.165, 1.54) is 0 Å². The molecule has 0 amide bonds. The van der Waals surface area contributed by atoms with Gasteiger partial charge in [0.2, 0.25) is 0 Å². The highest BCUT2D eigenvalue weighted by molar-refractivity contribution is 5.80. The molecule has 1 aromatic carbocycles. The molecule has 0 unspecified atom stereocenters. The SMILES string of the molecule is CCNCc1ccc2cc(OC)ccc2n1. The van der Waals surface area contributed by atoms with Crippen molar-refractivity contribution in [3.8, 4) is 5.75 Å². The Morgan fingerprint density at radius 1 is 1.25 bits per heavy atom. The normalized spacial score (nSPS) is 10.6. The highest BCUT2D eigenvalue weighted by Crippen LogP contribution is 2.19. The summed E-state index contributed by atoms with van der Waals surface area (Å²) in [5.41, 5.74) is 2.08. The second-order valence-electron chi connectivity index (χ2n) is 3.64. The van der Waals surface area contributed by atoms with E-state index in [4.69, 9.17) is 4.74 Å². The van der Waals surface area contributed by atoms with E-state index in [2.05, 4.69) is 23.3 Å². The quantitative estimate of drug-likeness (QED) is 0.851. The fourth-order valence-corrected chi connectivity index (χ4v) is 1.62. The van der Waals surface area contributed by atoms with Crippen LogP contribution in [0.2, 0.25) is 0 Å². The molecule has 0 fully saturated rings. The van der Waals surface area contributed by atoms with Gasteiger partial charge in [-0.1, -0.05) is 13.0 Å². The largest absolute Gasteiger partial charge is 0.497 e. The number of rotatable bonds is 4. The highest BCUT2D eigenvalue weighted by atomic mass is 16.5. The Balaban J connectivity index is 2.32. The third-order valence-corrected chi connectivity index (χ3v) is 2.51. The van der Waals surface area contributed by atoms with Gasteiger partial charge in [-0.05, 0) is 30.8 Å². The molecule has 0 aliphatic heterocycles. The monoisotopic (exact) mass is 216 g/mol. The highest BCUT2D eigenvalue weighted by Gasteiger charge is 1.99. The lowest BCUT2D eigenvalue weighted by atomic mass is 10.2. The van der Waals surface area contributed by atoms with Gasteiger partial charge in [-0.25, -0.2) is 0 Å². The van der Waals surface area contributed by atoms with Crippen LogP contribution in [0, 0.1) is 0 Å². The number of benzene rings is 1. The molecule has 1 aromatic heterocycles. The lowest BCUT2D eigenvalue weighted by Gasteiger charge is -2.05. The van der Waals surface area contributed by atoms with Gasteiger partial charge < -0.3 is 10.1 Å². The van der Waals surface area contributed by atoms with Crippen LogP contribution in [-0.4, -0.2) is 18.6 Å². The zero-order valence-electron chi connectivity index (χ0n) is 9.66. The molecule has 3 nitrogen and oxygen atoms in total. The topological polar surface area (TPSA) is 34.1 Å². The van der Waals surface area contributed by atoms with E-state index >= 15 is 0 Å². The predicted octanol–water partition coefficient (Wildman–Crippen LogP) is 2.35. The zero-order valence-corrected chi connectivity index (χ0v) is 9.66. The number of ether oxygens (including phenoxy) is 1. The first-order chi connectivity index (χ1) is 7.83. The Hall–Kier alpha value is -1.61. The third kappa shape index (κ3) is 2.31. The molecule has 1 N–H and O–H groups in total. The molecule has 0 aliphatic rings. The number of methoxy groups -OCH3 is 1. The van der Waals surface area contributed by atoms with Gasteiger partial charge in [-0.2, -0.15) is 0 Å². The summed E-state index contributed by atoms with van der Waals surface area (Å²) >= 11 is 0. The Labute approximate surface area is 95.5 Å². The van der Waals surface area contributed by atoms with E-state index in [9.17, 15) is 0 Å². The Morgan fingerprint density at radius 3 is 2.88 bits per heavy atom. The molecule has 84 valence electrons. The standard InChI is InChI=1S/C13H16N2O/c1-3-14-9-11-5-4-10-8-12(16-2)6-7-13(10)15-11/h4-8,14H,3,9H2,1-2H3. The summed E-state index contributed by atoms with van der Waals surface area (Å²) in [5.74, 6) is 0.869. The van der Waals surface area contributed by atoms with Crippen LogP contribution in [0.1, 0.15) is 12.6 Å². The van der Waals surface area contributed by atoms with Crippen LogP contribution in [0.4, 0.5) is 0 Å². The Kier molecular flexibility index (Phi) is 3.37. The maximum absolute atomic E-state index is 5.18. The molecule has 1 heterocycles. The van der Waals surface area contributed by atoms with Crippen molar-refractivity contribution < 1.29 is 4.74 Å². The maximum atomic E-state index is 5.18. The van der Waals surface area contributed by atoms with Gasteiger partial charge in [0.1, 0.15) is 5.75 Å². The number of hydrogen-bond acceptors (Lipinski definition) is 3. The van der Waals surface area contributed by atoms with Crippen molar-refractivity contribution in [3.63, 3.8) is 0 Å². The number of pyridine rings is 1. The lowest BCUT2D eigenvalue weighted by molar-refractivity contribution is 0.415. The van der Waals surface area contributed by atoms with Crippen LogP contribution < -0.4 is 10.1 Å². The Bertz CT molecular complexity index is 482. The minimum absolute atomic E-state index is 0.818. The molecule has 0 aliphatic carbocycles. The first kappa shape index (κ1) is 10.9. The van der Waals surface area contributed by atoms with Gasteiger partial charge in [0.15, 0.2) is 0 Å². The van der Waals surface area contributed by atoms with Crippen molar-refractivity contribution in [3.05, 3.63) is 36.0 Å². The fraction of sp³-hybridized carbons (Fsp3) is 0.308. The second-order valence-corrected chi connectivity index (χ2v) is 3.64. The van der Waals surface area contributed by atoms with Gasteiger partial charge in [0, 0.05) is 11.9 Å². The molecule has 0 atom stereocenters. The molecule has 3 heteroatoms. The number of nitrogens with one attached hydrogen (secondary N) is 1. The lowest BCUT2D eigenvalue weighted by Crippen LogP contribution is -2.12. The summed E-state index contributed by atoms with van der Waals surface area (Å²) in [6.07, 6.45) is 0. The van der Waals surface area contributed by atoms with Gasteiger partial charge >= 0.3 is 0 Å². The molecule has 0 radical (unpaired) electrons. The van der Waals surface area contributed by atoms with Crippen molar-refractivity contribution >= 4 is 10.9 Å². The molecule has 0 bridgehead atoms. The number of nitrogens with zero attached hydrogens (tertiary/aromatic N) is 1. The van der Waals surface area contributed by atoms with Crippen LogP contribution in [0.25, 0.3) is 10.9 Å². The van der Waals surface area contributed by atoms with Crippen molar-refractivity contribution in [2.75, 3.05) is 13.7 Å². The van der Waals surface area contributed by atoms with Gasteiger partial charge in [0.05, 0.1) is 18.3 Å². The summed E-state index contributed by atoms with van der Waals surface area (Å²) in [6, 6.07) is 10.1. The Morgan fingerprint density at radius 2 is 2.12 bits per heavy atom. The van der Waals surface area contributed by atoms with Crippen molar-refractivity contribution in [1.29, 1.82) is 0 Å². The molecule has 0 saturated carbocycles. The average Bonchev–Trinajstić information content (AvgIpc) is 2.35. The number of hydrogen-bond donors (Lipinski definition) is 1. The van der Waals surface area contributed by atoms with E-state index in [1.54, 1.807) is 7.11 Å². The van der Waals surface area contributed by atoms with Gasteiger partial charge in [-0.15, -0.1) is 0 Å². The first-order valence-electron chi connectivity index (χ1n) is 5.48.